The fourth-order valence-corrected chi connectivity index (χ4v) is 3.31. The monoisotopic (exact) mass is 387 g/mol. The number of fused-ring (bicyclic) bond motifs is 2. The van der Waals surface area contributed by atoms with E-state index in [1.54, 1.807) is 36.4 Å². The van der Waals surface area contributed by atoms with Gasteiger partial charge in [0.2, 0.25) is 0 Å². The molecule has 0 aliphatic carbocycles. The first kappa shape index (κ1) is 18.6. The van der Waals surface area contributed by atoms with Crippen LogP contribution in [0.2, 0.25) is 0 Å². The molecule has 0 bridgehead atoms. The van der Waals surface area contributed by atoms with Gasteiger partial charge in [0.25, 0.3) is 11.8 Å². The number of nitrogens with zero attached hydrogens (tertiary/aromatic N) is 1. The van der Waals surface area contributed by atoms with Gasteiger partial charge in [-0.25, -0.2) is 0 Å². The van der Waals surface area contributed by atoms with Crippen molar-refractivity contribution in [3.8, 4) is 0 Å². The third-order valence-electron chi connectivity index (χ3n) is 4.85. The van der Waals surface area contributed by atoms with Crippen LogP contribution in [0.3, 0.4) is 0 Å². The van der Waals surface area contributed by atoms with Gasteiger partial charge < -0.3 is 4.74 Å². The predicted octanol–water partition coefficient (Wildman–Crippen LogP) is 3.25. The number of carbonyl (C=O) groups excluding carboxylic acids is 4. The molecular weight excluding hydrogens is 370 g/mol. The third kappa shape index (κ3) is 3.65. The van der Waals surface area contributed by atoms with Gasteiger partial charge in [-0.1, -0.05) is 48.5 Å². The normalized spacial score (nSPS) is 12.9. The second-order valence-corrected chi connectivity index (χ2v) is 6.70. The molecule has 29 heavy (non-hydrogen) atoms. The highest BCUT2D eigenvalue weighted by molar-refractivity contribution is 6.21. The van der Waals surface area contributed by atoms with Crippen molar-refractivity contribution < 1.29 is 23.9 Å². The van der Waals surface area contributed by atoms with E-state index < -0.39 is 17.8 Å². The molecule has 0 spiro atoms. The summed E-state index contributed by atoms with van der Waals surface area (Å²) in [5, 5.41) is 1.94. The molecule has 0 saturated heterocycles. The van der Waals surface area contributed by atoms with E-state index in [-0.39, 0.29) is 25.4 Å². The lowest BCUT2D eigenvalue weighted by atomic mass is 10.0. The lowest BCUT2D eigenvalue weighted by Crippen LogP contribution is -2.32. The molecule has 0 aromatic heterocycles. The number of rotatable bonds is 6. The molecular formula is C23H17NO5. The largest absolute Gasteiger partial charge is 0.457 e. The molecule has 4 rings (SSSR count). The minimum absolute atomic E-state index is 0.0880. The summed E-state index contributed by atoms with van der Waals surface area (Å²) in [6.07, 6.45) is -0.170. The van der Waals surface area contributed by atoms with Crippen molar-refractivity contribution in [1.29, 1.82) is 0 Å². The maximum atomic E-state index is 12.3. The lowest BCUT2D eigenvalue weighted by Gasteiger charge is -2.13. The molecule has 144 valence electrons. The summed E-state index contributed by atoms with van der Waals surface area (Å²) in [5.41, 5.74) is 1.12. The van der Waals surface area contributed by atoms with E-state index in [0.29, 0.717) is 16.7 Å². The standard InChI is InChI=1S/C23H17NO5/c25-20(17-10-9-15-5-1-2-6-16(15)13-17)14-29-21(26)11-12-24-22(27)18-7-3-4-8-19(18)23(24)28/h1-10,13H,11-12,14H2. The van der Waals surface area contributed by atoms with Crippen molar-refractivity contribution in [1.82, 2.24) is 4.90 Å². The smallest absolute Gasteiger partial charge is 0.308 e. The van der Waals surface area contributed by atoms with Crippen LogP contribution in [-0.2, 0) is 9.53 Å². The fraction of sp³-hybridized carbons (Fsp3) is 0.130. The van der Waals surface area contributed by atoms with Crippen molar-refractivity contribution in [3.63, 3.8) is 0 Å². The number of imide groups is 1. The Morgan fingerprint density at radius 3 is 2.10 bits per heavy atom. The Hall–Kier alpha value is -3.80. The van der Waals surface area contributed by atoms with Crippen molar-refractivity contribution >= 4 is 34.3 Å². The third-order valence-corrected chi connectivity index (χ3v) is 4.85. The molecule has 0 unspecified atom stereocenters. The summed E-state index contributed by atoms with van der Waals surface area (Å²) in [4.78, 5) is 49.9. The number of ether oxygens (including phenoxy) is 1. The summed E-state index contributed by atoms with van der Waals surface area (Å²) >= 11 is 0. The number of ketones is 1. The van der Waals surface area contributed by atoms with Crippen LogP contribution in [0.25, 0.3) is 10.8 Å². The lowest BCUT2D eigenvalue weighted by molar-refractivity contribution is -0.142. The molecule has 0 saturated carbocycles. The first-order chi connectivity index (χ1) is 14.0. The molecule has 1 aliphatic heterocycles. The predicted molar refractivity (Wildman–Crippen MR) is 106 cm³/mol. The van der Waals surface area contributed by atoms with Gasteiger partial charge in [0.05, 0.1) is 17.5 Å². The summed E-state index contributed by atoms with van der Waals surface area (Å²) in [6, 6.07) is 19.5. The van der Waals surface area contributed by atoms with Crippen molar-refractivity contribution in [2.45, 2.75) is 6.42 Å². The molecule has 0 fully saturated rings. The Kier molecular flexibility index (Phi) is 4.91. The van der Waals surface area contributed by atoms with Gasteiger partial charge in [-0.2, -0.15) is 0 Å². The van der Waals surface area contributed by atoms with Gasteiger partial charge in [-0.3, -0.25) is 24.1 Å². The van der Waals surface area contributed by atoms with E-state index >= 15 is 0 Å². The van der Waals surface area contributed by atoms with Gasteiger partial charge in [-0.05, 0) is 29.0 Å². The highest BCUT2D eigenvalue weighted by atomic mass is 16.5. The number of hydrogen-bond donors (Lipinski definition) is 0. The SMILES string of the molecule is O=C(CCN1C(=O)c2ccccc2C1=O)OCC(=O)c1ccc2ccccc2c1. The van der Waals surface area contributed by atoms with Crippen LogP contribution in [0.4, 0.5) is 0 Å². The molecule has 1 aliphatic rings. The average Bonchev–Trinajstić information content (AvgIpc) is 3.00. The van der Waals surface area contributed by atoms with Gasteiger partial charge in [0.15, 0.2) is 12.4 Å². The first-order valence-electron chi connectivity index (χ1n) is 9.17. The van der Waals surface area contributed by atoms with Crippen LogP contribution in [0.5, 0.6) is 0 Å². The number of Topliss-reactive ketones (excluding diaryl/α,β-unsaturated/α-hetero) is 1. The number of carbonyl (C=O) groups is 4. The number of amides is 2. The van der Waals surface area contributed by atoms with Crippen LogP contribution in [0.1, 0.15) is 37.5 Å². The Bertz CT molecular complexity index is 1120. The molecule has 1 heterocycles. The van der Waals surface area contributed by atoms with E-state index in [0.717, 1.165) is 15.7 Å². The molecule has 6 heteroatoms. The number of esters is 1. The van der Waals surface area contributed by atoms with Crippen molar-refractivity contribution in [2.24, 2.45) is 0 Å². The summed E-state index contributed by atoms with van der Waals surface area (Å²) in [7, 11) is 0. The minimum Gasteiger partial charge on any atom is -0.457 e. The van der Waals surface area contributed by atoms with Gasteiger partial charge in [-0.15, -0.1) is 0 Å². The Morgan fingerprint density at radius 1 is 0.793 bits per heavy atom. The van der Waals surface area contributed by atoms with Crippen molar-refractivity contribution in [2.75, 3.05) is 13.2 Å². The van der Waals surface area contributed by atoms with Crippen LogP contribution in [0, 0.1) is 0 Å². The molecule has 3 aromatic carbocycles. The van der Waals surface area contributed by atoms with E-state index in [9.17, 15) is 19.2 Å². The molecule has 0 atom stereocenters. The Balaban J connectivity index is 1.32. The Morgan fingerprint density at radius 2 is 1.41 bits per heavy atom. The Labute approximate surface area is 166 Å². The van der Waals surface area contributed by atoms with Crippen LogP contribution in [0.15, 0.2) is 66.7 Å². The maximum absolute atomic E-state index is 12.3. The van der Waals surface area contributed by atoms with Gasteiger partial charge in [0.1, 0.15) is 0 Å². The molecule has 2 amide bonds. The highest BCUT2D eigenvalue weighted by Crippen LogP contribution is 2.22. The zero-order valence-electron chi connectivity index (χ0n) is 15.5. The molecule has 6 nitrogen and oxygen atoms in total. The van der Waals surface area contributed by atoms with Crippen LogP contribution < -0.4 is 0 Å². The van der Waals surface area contributed by atoms with Gasteiger partial charge >= 0.3 is 5.97 Å². The molecule has 0 N–H and O–H groups in total. The molecule has 3 aromatic rings. The second-order valence-electron chi connectivity index (χ2n) is 6.70. The van der Waals surface area contributed by atoms with E-state index in [2.05, 4.69) is 0 Å². The summed E-state index contributed by atoms with van der Waals surface area (Å²) in [6.45, 7) is -0.478. The average molecular weight is 387 g/mol. The number of hydrogen-bond acceptors (Lipinski definition) is 5. The molecule has 0 radical (unpaired) electrons. The van der Waals surface area contributed by atoms with E-state index in [1.165, 1.54) is 0 Å². The van der Waals surface area contributed by atoms with E-state index in [4.69, 9.17) is 4.74 Å². The highest BCUT2D eigenvalue weighted by Gasteiger charge is 2.35. The van der Waals surface area contributed by atoms with Crippen LogP contribution in [-0.4, -0.2) is 41.6 Å². The summed E-state index contributed by atoms with van der Waals surface area (Å²) < 4.78 is 5.04. The topological polar surface area (TPSA) is 80.8 Å². The fourth-order valence-electron chi connectivity index (χ4n) is 3.31. The van der Waals surface area contributed by atoms with Crippen LogP contribution >= 0.6 is 0 Å². The van der Waals surface area contributed by atoms with Gasteiger partial charge in [0, 0.05) is 12.1 Å². The van der Waals surface area contributed by atoms with E-state index in [1.807, 2.05) is 30.3 Å². The summed E-state index contributed by atoms with van der Waals surface area (Å²) in [5.74, 6) is -1.81. The quantitative estimate of drug-likeness (QED) is 0.368. The zero-order valence-corrected chi connectivity index (χ0v) is 15.5. The first-order valence-corrected chi connectivity index (χ1v) is 9.17. The number of benzene rings is 3. The zero-order chi connectivity index (χ0) is 20.4. The second kappa shape index (κ2) is 7.67. The van der Waals surface area contributed by atoms with Crippen molar-refractivity contribution in [3.05, 3.63) is 83.4 Å². The maximum Gasteiger partial charge on any atom is 0.308 e. The minimum atomic E-state index is -0.643.